The van der Waals surface area contributed by atoms with Gasteiger partial charge < -0.3 is 75.0 Å². The number of carboxylic acid groups (broad SMARTS) is 5. The summed E-state index contributed by atoms with van der Waals surface area (Å²) in [4.78, 5) is 45.0. The van der Waals surface area contributed by atoms with Crippen LogP contribution in [0.3, 0.4) is 0 Å². The Kier molecular flexibility index (Phi) is 87.9. The minimum atomic E-state index is -1.44. The maximum Gasteiger partial charge on any atom is 3.00 e. The van der Waals surface area contributed by atoms with E-state index in [2.05, 4.69) is 13.2 Å². The van der Waals surface area contributed by atoms with Crippen molar-refractivity contribution in [1.82, 2.24) is 0 Å². The van der Waals surface area contributed by atoms with Crippen LogP contribution in [-0.2, 0) is 41.0 Å². The maximum atomic E-state index is 9.01. The number of carboxylic acids is 5. The molecule has 0 aliphatic carbocycles. The number of aliphatic hydroxyl groups is 5. The minimum absolute atomic E-state index is 0. The van der Waals surface area contributed by atoms with Gasteiger partial charge in [0.2, 0.25) is 0 Å². The van der Waals surface area contributed by atoms with E-state index in [1.807, 2.05) is 0 Å². The number of hydrogen-bond donors (Lipinski definition) is 5. The standard InChI is InChI=1S/5C2H4O3.C2H4.Bi.Fe/c5*3-1-2(4)5;1-2;;/h5*3H,1H2,(H,4,5);1-2H2;;/q;;;;;;+3;+2/p-5. The Morgan fingerprint density at radius 3 is 0.517 bits per heavy atom. The van der Waals surface area contributed by atoms with E-state index in [9.17, 15) is 0 Å². The van der Waals surface area contributed by atoms with E-state index in [0.29, 0.717) is 0 Å². The molecule has 170 valence electrons. The van der Waals surface area contributed by atoms with Gasteiger partial charge in [0.1, 0.15) is 0 Å². The molecule has 0 heterocycles. The zero-order chi connectivity index (χ0) is 23.4. The molecule has 0 spiro atoms. The van der Waals surface area contributed by atoms with E-state index in [1.165, 1.54) is 0 Å². The summed E-state index contributed by atoms with van der Waals surface area (Å²) in [7, 11) is 0. The molecule has 17 heteroatoms. The number of hydrogen-bond acceptors (Lipinski definition) is 15. The molecular weight excluding hydrogens is 649 g/mol. The number of carbonyl (C=O) groups is 5. The van der Waals surface area contributed by atoms with Crippen LogP contribution >= 0.6 is 0 Å². The summed E-state index contributed by atoms with van der Waals surface area (Å²) in [6.07, 6.45) is 0. The Hall–Kier alpha value is -1.71. The van der Waals surface area contributed by atoms with Gasteiger partial charge in [-0.3, -0.25) is 0 Å². The van der Waals surface area contributed by atoms with Gasteiger partial charge in [0, 0.05) is 0 Å². The van der Waals surface area contributed by atoms with Crippen LogP contribution < -0.4 is 25.5 Å². The van der Waals surface area contributed by atoms with Crippen LogP contribution in [0.1, 0.15) is 0 Å². The molecular formula is C12H19BiFeO15. The molecule has 0 bridgehead atoms. The van der Waals surface area contributed by atoms with Gasteiger partial charge in [-0.15, -0.1) is 13.2 Å². The second-order valence-electron chi connectivity index (χ2n) is 2.65. The van der Waals surface area contributed by atoms with Crippen molar-refractivity contribution in [2.24, 2.45) is 0 Å². The molecule has 0 saturated heterocycles. The van der Waals surface area contributed by atoms with E-state index < -0.39 is 62.9 Å². The minimum Gasteiger partial charge on any atom is -0.548 e. The molecule has 0 atom stereocenters. The van der Waals surface area contributed by atoms with Crippen LogP contribution in [0.5, 0.6) is 0 Å². The van der Waals surface area contributed by atoms with Crippen molar-refractivity contribution in [3.8, 4) is 0 Å². The van der Waals surface area contributed by atoms with Crippen molar-refractivity contribution in [1.29, 1.82) is 0 Å². The van der Waals surface area contributed by atoms with Crippen molar-refractivity contribution in [3.63, 3.8) is 0 Å². The second-order valence-corrected chi connectivity index (χ2v) is 2.65. The molecule has 15 nitrogen and oxygen atoms in total. The molecule has 0 fully saturated rings. The Bertz CT molecular complexity index is 310. The van der Waals surface area contributed by atoms with E-state index in [-0.39, 0.29) is 43.3 Å². The van der Waals surface area contributed by atoms with Gasteiger partial charge >= 0.3 is 43.3 Å². The normalized spacial score (nSPS) is 6.52. The fourth-order valence-electron chi connectivity index (χ4n) is 0. The predicted octanol–water partition coefficient (Wildman–Crippen LogP) is -10.9. The third kappa shape index (κ3) is 226. The van der Waals surface area contributed by atoms with Gasteiger partial charge in [0.15, 0.2) is 0 Å². The largest absolute Gasteiger partial charge is 3.00 e. The molecule has 0 amide bonds. The van der Waals surface area contributed by atoms with Crippen LogP contribution in [0.15, 0.2) is 13.2 Å². The molecule has 0 saturated carbocycles. The van der Waals surface area contributed by atoms with Crippen LogP contribution in [0, 0.1) is 0 Å². The summed E-state index contributed by atoms with van der Waals surface area (Å²) >= 11 is 0. The second kappa shape index (κ2) is 50.3. The third-order valence-electron chi connectivity index (χ3n) is 0.645. The average Bonchev–Trinajstić information content (AvgIpc) is 2.64. The quantitative estimate of drug-likeness (QED) is 0.134. The molecule has 29 heavy (non-hydrogen) atoms. The van der Waals surface area contributed by atoms with Crippen LogP contribution in [0.2, 0.25) is 0 Å². The zero-order valence-electron chi connectivity index (χ0n) is 14.6. The zero-order valence-corrected chi connectivity index (χ0v) is 19.2. The molecule has 2 radical (unpaired) electrons. The van der Waals surface area contributed by atoms with Crippen molar-refractivity contribution in [2.75, 3.05) is 33.0 Å². The van der Waals surface area contributed by atoms with Gasteiger partial charge in [-0.2, -0.15) is 0 Å². The topological polar surface area (TPSA) is 302 Å². The van der Waals surface area contributed by atoms with Gasteiger partial charge in [-0.05, 0) is 0 Å². The van der Waals surface area contributed by atoms with Gasteiger partial charge in [0.25, 0.3) is 0 Å². The first kappa shape index (κ1) is 50.7. The van der Waals surface area contributed by atoms with Gasteiger partial charge in [-0.25, -0.2) is 0 Å². The molecule has 0 aliphatic heterocycles. The summed E-state index contributed by atoms with van der Waals surface area (Å²) in [5.41, 5.74) is 0. The van der Waals surface area contributed by atoms with E-state index in [0.717, 1.165) is 0 Å². The van der Waals surface area contributed by atoms with Gasteiger partial charge in [0.05, 0.1) is 62.9 Å². The Balaban J connectivity index is -0.0000000305. The Morgan fingerprint density at radius 2 is 0.517 bits per heavy atom. The summed E-state index contributed by atoms with van der Waals surface area (Å²) < 4.78 is 0. The van der Waals surface area contributed by atoms with Crippen LogP contribution in [-0.4, -0.2) is 115 Å². The van der Waals surface area contributed by atoms with Crippen molar-refractivity contribution in [2.45, 2.75) is 0 Å². The number of carbonyl (C=O) groups excluding carboxylic acids is 5. The Morgan fingerprint density at radius 1 is 0.483 bits per heavy atom. The molecule has 0 aromatic rings. The summed E-state index contributed by atoms with van der Waals surface area (Å²) in [6, 6.07) is 0. The summed E-state index contributed by atoms with van der Waals surface area (Å²) in [5, 5.41) is 82.4. The van der Waals surface area contributed by atoms with Crippen LogP contribution in [0.4, 0.5) is 0 Å². The summed E-state index contributed by atoms with van der Waals surface area (Å²) in [5.74, 6) is -7.20. The third-order valence-corrected chi connectivity index (χ3v) is 0.645. The molecule has 0 aliphatic rings. The Labute approximate surface area is 194 Å². The monoisotopic (exact) mass is 668 g/mol. The molecule has 0 aromatic heterocycles. The molecule has 5 N–H and O–H groups in total. The summed E-state index contributed by atoms with van der Waals surface area (Å²) in [6.45, 7) is 1.56. The number of aliphatic carboxylic acids is 5. The molecule has 0 aromatic carbocycles. The van der Waals surface area contributed by atoms with E-state index in [4.69, 9.17) is 75.0 Å². The van der Waals surface area contributed by atoms with Crippen molar-refractivity contribution in [3.05, 3.63) is 13.2 Å². The fraction of sp³-hybridized carbons (Fsp3) is 0.417. The van der Waals surface area contributed by atoms with Gasteiger partial charge in [-0.1, -0.05) is 0 Å². The number of rotatable bonds is 5. The fourth-order valence-corrected chi connectivity index (χ4v) is 0. The first-order valence-corrected chi connectivity index (χ1v) is 5.89. The molecule has 0 unspecified atom stereocenters. The van der Waals surface area contributed by atoms with Crippen molar-refractivity contribution >= 4 is 56.0 Å². The maximum absolute atomic E-state index is 9.01. The van der Waals surface area contributed by atoms with Crippen LogP contribution in [0.25, 0.3) is 0 Å². The predicted molar refractivity (Wildman–Crippen MR) is 77.5 cm³/mol. The SMILES string of the molecule is C=C.O=C([O-])CO.O=C([O-])CO.O=C([O-])CO.O=C([O-])CO.O=C([O-])CO.[Bi+3].[Fe+2]. The first-order chi connectivity index (χ1) is 12.4. The van der Waals surface area contributed by atoms with E-state index >= 15 is 0 Å². The van der Waals surface area contributed by atoms with E-state index in [1.54, 1.807) is 0 Å². The number of aliphatic hydroxyl groups excluding tert-OH is 5. The van der Waals surface area contributed by atoms with Crippen molar-refractivity contribution < 1.29 is 92.1 Å². The first-order valence-electron chi connectivity index (χ1n) is 5.89. The average molecular weight is 668 g/mol. The molecule has 0 rings (SSSR count). The smallest absolute Gasteiger partial charge is 0.548 e.